The predicted molar refractivity (Wildman–Crippen MR) is 85.6 cm³/mol. The minimum absolute atomic E-state index is 0.375. The molecule has 2 aromatic carbocycles. The van der Waals surface area contributed by atoms with Crippen molar-refractivity contribution in [3.8, 4) is 0 Å². The number of hydrogen-bond donors (Lipinski definition) is 1. The van der Waals surface area contributed by atoms with Crippen LogP contribution >= 0.6 is 0 Å². The van der Waals surface area contributed by atoms with Gasteiger partial charge in [0.15, 0.2) is 0 Å². The van der Waals surface area contributed by atoms with Crippen molar-refractivity contribution in [2.45, 2.75) is 26.2 Å². The van der Waals surface area contributed by atoms with Crippen LogP contribution in [0.3, 0.4) is 0 Å². The lowest BCUT2D eigenvalue weighted by molar-refractivity contribution is 0.163. The number of ether oxygens (including phenoxy) is 1. The number of anilines is 1. The van der Waals surface area contributed by atoms with Crippen LogP contribution < -0.4 is 5.32 Å². The molecular weight excluding hydrogens is 262 g/mol. The Morgan fingerprint density at radius 3 is 2.57 bits per heavy atom. The van der Waals surface area contributed by atoms with Gasteiger partial charge in [-0.3, -0.25) is 5.32 Å². The smallest absolute Gasteiger partial charge is 0.411 e. The largest absolute Gasteiger partial charge is 0.449 e. The normalized spacial score (nSPS) is 10.4. The molecule has 3 nitrogen and oxygen atoms in total. The second kappa shape index (κ2) is 7.48. The van der Waals surface area contributed by atoms with E-state index >= 15 is 0 Å². The van der Waals surface area contributed by atoms with Gasteiger partial charge in [0.05, 0.1) is 6.61 Å². The van der Waals surface area contributed by atoms with Crippen molar-refractivity contribution >= 4 is 11.8 Å². The highest BCUT2D eigenvalue weighted by atomic mass is 16.5. The summed E-state index contributed by atoms with van der Waals surface area (Å²) in [5.74, 6) is 0.507. The van der Waals surface area contributed by atoms with Gasteiger partial charge in [0.25, 0.3) is 0 Å². The van der Waals surface area contributed by atoms with Crippen LogP contribution in [0.5, 0.6) is 0 Å². The number of carbonyl (C=O) groups excluding carboxylic acids is 1. The molecule has 21 heavy (non-hydrogen) atoms. The average molecular weight is 283 g/mol. The van der Waals surface area contributed by atoms with Crippen molar-refractivity contribution in [2.75, 3.05) is 11.9 Å². The van der Waals surface area contributed by atoms with Gasteiger partial charge in [0.2, 0.25) is 0 Å². The Labute approximate surface area is 126 Å². The predicted octanol–water partition coefficient (Wildman–Crippen LogP) is 4.60. The van der Waals surface area contributed by atoms with Gasteiger partial charge < -0.3 is 4.74 Å². The fraction of sp³-hybridized carbons (Fsp3) is 0.278. The number of carbonyl (C=O) groups is 1. The van der Waals surface area contributed by atoms with E-state index in [0.29, 0.717) is 12.5 Å². The van der Waals surface area contributed by atoms with Gasteiger partial charge in [0, 0.05) is 12.1 Å². The Kier molecular flexibility index (Phi) is 5.38. The van der Waals surface area contributed by atoms with Crippen molar-refractivity contribution in [1.29, 1.82) is 0 Å². The van der Waals surface area contributed by atoms with Crippen LogP contribution in [-0.4, -0.2) is 12.7 Å². The molecule has 0 radical (unpaired) electrons. The van der Waals surface area contributed by atoms with Crippen molar-refractivity contribution in [3.05, 3.63) is 65.7 Å². The molecule has 0 spiro atoms. The molecule has 110 valence electrons. The molecule has 0 saturated heterocycles. The molecule has 3 heteroatoms. The number of benzene rings is 2. The topological polar surface area (TPSA) is 38.3 Å². The van der Waals surface area contributed by atoms with Gasteiger partial charge in [-0.05, 0) is 29.2 Å². The van der Waals surface area contributed by atoms with Gasteiger partial charge in [-0.1, -0.05) is 56.3 Å². The summed E-state index contributed by atoms with van der Waals surface area (Å²) < 4.78 is 5.20. The molecule has 0 heterocycles. The summed E-state index contributed by atoms with van der Waals surface area (Å²) in [5, 5.41) is 2.70. The van der Waals surface area contributed by atoms with Crippen molar-refractivity contribution < 1.29 is 9.53 Å². The molecular formula is C18H21NO2. The quantitative estimate of drug-likeness (QED) is 0.870. The van der Waals surface area contributed by atoms with Crippen LogP contribution in [0.2, 0.25) is 0 Å². The summed E-state index contributed by atoms with van der Waals surface area (Å²) in [6.45, 7) is 4.71. The Bertz CT molecular complexity index is 579. The minimum Gasteiger partial charge on any atom is -0.449 e. The van der Waals surface area contributed by atoms with Crippen LogP contribution in [0.4, 0.5) is 10.5 Å². The maximum Gasteiger partial charge on any atom is 0.411 e. The molecule has 0 aromatic heterocycles. The Balaban J connectivity index is 1.79. The zero-order valence-electron chi connectivity index (χ0n) is 12.5. The average Bonchev–Trinajstić information content (AvgIpc) is 2.48. The summed E-state index contributed by atoms with van der Waals surface area (Å²) >= 11 is 0. The molecule has 0 aliphatic heterocycles. The first-order valence-electron chi connectivity index (χ1n) is 7.23. The van der Waals surface area contributed by atoms with E-state index in [2.05, 4.69) is 43.4 Å². The van der Waals surface area contributed by atoms with E-state index in [1.54, 1.807) is 0 Å². The van der Waals surface area contributed by atoms with Gasteiger partial charge in [-0.25, -0.2) is 4.79 Å². The summed E-state index contributed by atoms with van der Waals surface area (Å²) in [5.41, 5.74) is 3.24. The van der Waals surface area contributed by atoms with Gasteiger partial charge >= 0.3 is 6.09 Å². The summed E-state index contributed by atoms with van der Waals surface area (Å²) in [6, 6.07) is 17.7. The third-order valence-corrected chi connectivity index (χ3v) is 3.26. The van der Waals surface area contributed by atoms with E-state index in [1.165, 1.54) is 11.1 Å². The third kappa shape index (κ3) is 4.95. The van der Waals surface area contributed by atoms with Crippen molar-refractivity contribution in [2.24, 2.45) is 0 Å². The second-order valence-electron chi connectivity index (χ2n) is 5.28. The highest BCUT2D eigenvalue weighted by Crippen LogP contribution is 2.16. The van der Waals surface area contributed by atoms with Crippen LogP contribution in [0, 0.1) is 0 Å². The summed E-state index contributed by atoms with van der Waals surface area (Å²) in [4.78, 5) is 11.6. The number of rotatable bonds is 5. The van der Waals surface area contributed by atoms with Crippen LogP contribution in [0.15, 0.2) is 54.6 Å². The molecule has 2 aromatic rings. The Morgan fingerprint density at radius 1 is 1.10 bits per heavy atom. The van der Waals surface area contributed by atoms with Gasteiger partial charge in [-0.2, -0.15) is 0 Å². The lowest BCUT2D eigenvalue weighted by Crippen LogP contribution is -2.15. The molecule has 0 atom stereocenters. The third-order valence-electron chi connectivity index (χ3n) is 3.26. The molecule has 1 N–H and O–H groups in total. The molecule has 2 rings (SSSR count). The van der Waals surface area contributed by atoms with E-state index in [0.717, 1.165) is 12.1 Å². The lowest BCUT2D eigenvalue weighted by Gasteiger charge is -2.09. The maximum absolute atomic E-state index is 11.6. The fourth-order valence-corrected chi connectivity index (χ4v) is 2.04. The van der Waals surface area contributed by atoms with Gasteiger partial charge in [-0.15, -0.1) is 0 Å². The van der Waals surface area contributed by atoms with E-state index in [4.69, 9.17) is 4.74 Å². The minimum atomic E-state index is -0.416. The fourth-order valence-electron chi connectivity index (χ4n) is 2.04. The van der Waals surface area contributed by atoms with Crippen LogP contribution in [-0.2, 0) is 11.2 Å². The number of hydrogen-bond acceptors (Lipinski definition) is 2. The SMILES string of the molecule is CC(C)c1cccc(CCOC(=O)Nc2ccccc2)c1. The summed E-state index contributed by atoms with van der Waals surface area (Å²) in [7, 11) is 0. The van der Waals surface area contributed by atoms with Crippen LogP contribution in [0.1, 0.15) is 30.9 Å². The molecule has 0 aliphatic carbocycles. The zero-order valence-corrected chi connectivity index (χ0v) is 12.5. The molecule has 0 fully saturated rings. The Morgan fingerprint density at radius 2 is 1.86 bits per heavy atom. The first-order chi connectivity index (χ1) is 10.1. The van der Waals surface area contributed by atoms with Crippen molar-refractivity contribution in [3.63, 3.8) is 0 Å². The standard InChI is InChI=1S/C18H21NO2/c1-14(2)16-8-6-7-15(13-16)11-12-21-18(20)19-17-9-4-3-5-10-17/h3-10,13-14H,11-12H2,1-2H3,(H,19,20). The highest BCUT2D eigenvalue weighted by molar-refractivity contribution is 5.84. The van der Waals surface area contributed by atoms with Gasteiger partial charge in [0.1, 0.15) is 0 Å². The first kappa shape index (κ1) is 15.1. The van der Waals surface area contributed by atoms with E-state index in [-0.39, 0.29) is 0 Å². The highest BCUT2D eigenvalue weighted by Gasteiger charge is 2.04. The number of para-hydroxylation sites is 1. The van der Waals surface area contributed by atoms with Crippen LogP contribution in [0.25, 0.3) is 0 Å². The molecule has 1 amide bonds. The molecule has 0 aliphatic rings. The van der Waals surface area contributed by atoms with E-state index in [9.17, 15) is 4.79 Å². The zero-order chi connectivity index (χ0) is 15.1. The molecule has 0 unspecified atom stereocenters. The Hall–Kier alpha value is -2.29. The first-order valence-corrected chi connectivity index (χ1v) is 7.23. The monoisotopic (exact) mass is 283 g/mol. The van der Waals surface area contributed by atoms with E-state index < -0.39 is 6.09 Å². The van der Waals surface area contributed by atoms with E-state index in [1.807, 2.05) is 30.3 Å². The second-order valence-corrected chi connectivity index (χ2v) is 5.28. The number of amides is 1. The van der Waals surface area contributed by atoms with Crippen molar-refractivity contribution in [1.82, 2.24) is 0 Å². The lowest BCUT2D eigenvalue weighted by atomic mass is 10.00. The number of nitrogens with one attached hydrogen (secondary N) is 1. The maximum atomic E-state index is 11.6. The molecule has 0 bridgehead atoms. The molecule has 0 saturated carbocycles. The summed E-state index contributed by atoms with van der Waals surface area (Å²) in [6.07, 6.45) is 0.309.